The third-order valence-corrected chi connectivity index (χ3v) is 5.91. The molecule has 0 amide bonds. The Hall–Kier alpha value is -1.18. The van der Waals surface area contributed by atoms with E-state index in [0.717, 1.165) is 0 Å². The lowest BCUT2D eigenvalue weighted by atomic mass is 9.84. The van der Waals surface area contributed by atoms with Crippen LogP contribution in [0.5, 0.6) is 0 Å². The van der Waals surface area contributed by atoms with Crippen molar-refractivity contribution in [2.75, 3.05) is 23.3 Å². The molecule has 0 saturated carbocycles. The summed E-state index contributed by atoms with van der Waals surface area (Å²) >= 11 is 0. The highest BCUT2D eigenvalue weighted by Gasteiger charge is 2.36. The number of nitrogens with one attached hydrogen (secondary N) is 1. The Kier molecular flexibility index (Phi) is 8.81. The maximum atomic E-state index is 4.03. The maximum Gasteiger partial charge on any atom is 0.0605 e. The van der Waals surface area contributed by atoms with E-state index in [4.69, 9.17) is 0 Å². The molecule has 1 aromatic carbocycles. The third-order valence-electron chi connectivity index (χ3n) is 5.91. The molecule has 0 atom stereocenters. The molecule has 0 aromatic heterocycles. The highest BCUT2D eigenvalue weighted by molar-refractivity contribution is 5.74. The molecule has 0 saturated heterocycles. The van der Waals surface area contributed by atoms with E-state index in [1.54, 1.807) is 0 Å². The van der Waals surface area contributed by atoms with Gasteiger partial charge in [-0.25, -0.2) is 0 Å². The number of anilines is 2. The van der Waals surface area contributed by atoms with Gasteiger partial charge in [-0.3, -0.25) is 0 Å². The molecule has 0 radical (unpaired) electrons. The predicted molar refractivity (Wildman–Crippen MR) is 118 cm³/mol. The zero-order valence-corrected chi connectivity index (χ0v) is 17.9. The van der Waals surface area contributed by atoms with E-state index in [1.165, 1.54) is 101 Å². The molecule has 0 fully saturated rings. The van der Waals surface area contributed by atoms with Gasteiger partial charge < -0.3 is 10.2 Å². The van der Waals surface area contributed by atoms with E-state index in [1.807, 2.05) is 0 Å². The van der Waals surface area contributed by atoms with Crippen LogP contribution >= 0.6 is 0 Å². The summed E-state index contributed by atoms with van der Waals surface area (Å²) < 4.78 is 0. The van der Waals surface area contributed by atoms with E-state index in [-0.39, 0.29) is 5.54 Å². The Morgan fingerprint density at radius 1 is 0.885 bits per heavy atom. The summed E-state index contributed by atoms with van der Waals surface area (Å²) in [6.45, 7) is 11.6. The monoisotopic (exact) mass is 358 g/mol. The molecule has 0 unspecified atom stereocenters. The summed E-state index contributed by atoms with van der Waals surface area (Å²) in [5.74, 6) is 0. The van der Waals surface area contributed by atoms with Crippen LogP contribution in [0.25, 0.3) is 0 Å². The fourth-order valence-corrected chi connectivity index (χ4v) is 4.24. The minimum atomic E-state index is 0.262. The third kappa shape index (κ3) is 5.66. The highest BCUT2D eigenvalue weighted by Crippen LogP contribution is 2.40. The summed E-state index contributed by atoms with van der Waals surface area (Å²) in [5, 5.41) is 4.03. The number of nitrogens with zero attached hydrogens (tertiary/aromatic N) is 1. The molecule has 1 N–H and O–H groups in total. The van der Waals surface area contributed by atoms with Crippen LogP contribution < -0.4 is 10.2 Å². The second kappa shape index (κ2) is 10.8. The standard InChI is InChI=1S/C24H42N2/c1-5-9-13-21-14-15-22-23(19-21)26(18-12-8-4)20-24(25-22,16-10-6-2)17-11-7-3/h14-15,19,25H,5-13,16-18,20H2,1-4H3. The van der Waals surface area contributed by atoms with Crippen molar-refractivity contribution in [1.29, 1.82) is 0 Å². The molecular weight excluding hydrogens is 316 g/mol. The van der Waals surface area contributed by atoms with Crippen LogP contribution in [0.4, 0.5) is 11.4 Å². The van der Waals surface area contributed by atoms with Crippen LogP contribution in [0.15, 0.2) is 18.2 Å². The van der Waals surface area contributed by atoms with Crippen LogP contribution in [0.1, 0.15) is 97.5 Å². The fraction of sp³-hybridized carbons (Fsp3) is 0.750. The van der Waals surface area contributed by atoms with Crippen LogP contribution in [0, 0.1) is 0 Å². The molecule has 148 valence electrons. The summed E-state index contributed by atoms with van der Waals surface area (Å²) in [6.07, 6.45) is 14.1. The van der Waals surface area contributed by atoms with Gasteiger partial charge in [0.1, 0.15) is 0 Å². The zero-order valence-electron chi connectivity index (χ0n) is 17.9. The summed E-state index contributed by atoms with van der Waals surface area (Å²) in [7, 11) is 0. The van der Waals surface area contributed by atoms with Gasteiger partial charge in [-0.1, -0.05) is 72.3 Å². The fourth-order valence-electron chi connectivity index (χ4n) is 4.24. The second-order valence-corrected chi connectivity index (χ2v) is 8.34. The number of benzene rings is 1. The topological polar surface area (TPSA) is 15.3 Å². The molecule has 1 aliphatic rings. The lowest BCUT2D eigenvalue weighted by molar-refractivity contribution is 0.366. The van der Waals surface area contributed by atoms with Crippen LogP contribution in [0.2, 0.25) is 0 Å². The SMILES string of the molecule is CCCCc1ccc2c(c1)N(CCCC)CC(CCCC)(CCCC)N2. The number of unbranched alkanes of at least 4 members (excludes halogenated alkanes) is 4. The van der Waals surface area contributed by atoms with Crippen LogP contribution in [0.3, 0.4) is 0 Å². The van der Waals surface area contributed by atoms with Gasteiger partial charge in [-0.15, -0.1) is 0 Å². The Morgan fingerprint density at radius 2 is 1.54 bits per heavy atom. The molecule has 2 nitrogen and oxygen atoms in total. The normalized spacial score (nSPS) is 15.6. The number of hydrogen-bond donors (Lipinski definition) is 1. The number of rotatable bonds is 12. The van der Waals surface area contributed by atoms with Gasteiger partial charge in [0, 0.05) is 13.1 Å². The van der Waals surface area contributed by atoms with E-state index in [2.05, 4.69) is 56.1 Å². The van der Waals surface area contributed by atoms with Gasteiger partial charge in [0.15, 0.2) is 0 Å². The van der Waals surface area contributed by atoms with Crippen molar-refractivity contribution in [2.24, 2.45) is 0 Å². The zero-order chi connectivity index (χ0) is 18.8. The predicted octanol–water partition coefficient (Wildman–Crippen LogP) is 7.18. The van der Waals surface area contributed by atoms with Gasteiger partial charge in [-0.05, 0) is 49.8 Å². The van der Waals surface area contributed by atoms with Gasteiger partial charge in [0.25, 0.3) is 0 Å². The van der Waals surface area contributed by atoms with Crippen molar-refractivity contribution in [3.63, 3.8) is 0 Å². The Labute approximate surface area is 162 Å². The minimum Gasteiger partial charge on any atom is -0.376 e. The lowest BCUT2D eigenvalue weighted by Crippen LogP contribution is -2.53. The van der Waals surface area contributed by atoms with E-state index >= 15 is 0 Å². The molecule has 1 aliphatic heterocycles. The minimum absolute atomic E-state index is 0.262. The maximum absolute atomic E-state index is 4.03. The Bertz CT molecular complexity index is 515. The van der Waals surface area contributed by atoms with E-state index in [9.17, 15) is 0 Å². The van der Waals surface area contributed by atoms with Gasteiger partial charge in [-0.2, -0.15) is 0 Å². The average Bonchev–Trinajstić information content (AvgIpc) is 2.67. The first-order chi connectivity index (χ1) is 12.7. The Morgan fingerprint density at radius 3 is 2.15 bits per heavy atom. The second-order valence-electron chi connectivity index (χ2n) is 8.34. The summed E-state index contributed by atoms with van der Waals surface area (Å²) in [5.41, 5.74) is 4.59. The molecule has 26 heavy (non-hydrogen) atoms. The molecule has 0 spiro atoms. The number of aryl methyl sites for hydroxylation is 1. The number of hydrogen-bond acceptors (Lipinski definition) is 2. The molecule has 2 rings (SSSR count). The molecule has 2 heteroatoms. The van der Waals surface area contributed by atoms with Crippen molar-refractivity contribution < 1.29 is 0 Å². The smallest absolute Gasteiger partial charge is 0.0605 e. The summed E-state index contributed by atoms with van der Waals surface area (Å²) in [4.78, 5) is 2.70. The van der Waals surface area contributed by atoms with Crippen molar-refractivity contribution in [3.05, 3.63) is 23.8 Å². The summed E-state index contributed by atoms with van der Waals surface area (Å²) in [6, 6.07) is 7.19. The van der Waals surface area contributed by atoms with Gasteiger partial charge >= 0.3 is 0 Å². The Balaban J connectivity index is 2.28. The van der Waals surface area contributed by atoms with E-state index < -0.39 is 0 Å². The van der Waals surface area contributed by atoms with Crippen molar-refractivity contribution in [2.45, 2.75) is 104 Å². The largest absolute Gasteiger partial charge is 0.376 e. The molecular formula is C24H42N2. The number of fused-ring (bicyclic) bond motifs is 1. The van der Waals surface area contributed by atoms with Crippen molar-refractivity contribution in [3.8, 4) is 0 Å². The molecule has 1 aromatic rings. The average molecular weight is 359 g/mol. The molecule has 0 bridgehead atoms. The van der Waals surface area contributed by atoms with Crippen LogP contribution in [-0.4, -0.2) is 18.6 Å². The van der Waals surface area contributed by atoms with Gasteiger partial charge in [0.2, 0.25) is 0 Å². The molecule has 0 aliphatic carbocycles. The first-order valence-corrected chi connectivity index (χ1v) is 11.3. The van der Waals surface area contributed by atoms with Crippen molar-refractivity contribution >= 4 is 11.4 Å². The van der Waals surface area contributed by atoms with E-state index in [0.29, 0.717) is 0 Å². The van der Waals surface area contributed by atoms with Gasteiger partial charge in [0.05, 0.1) is 16.9 Å². The molecule has 1 heterocycles. The van der Waals surface area contributed by atoms with Crippen molar-refractivity contribution in [1.82, 2.24) is 0 Å². The first-order valence-electron chi connectivity index (χ1n) is 11.3. The quantitative estimate of drug-likeness (QED) is 0.425. The highest BCUT2D eigenvalue weighted by atomic mass is 15.2. The lowest BCUT2D eigenvalue weighted by Gasteiger charge is -2.47. The van der Waals surface area contributed by atoms with Crippen LogP contribution in [-0.2, 0) is 6.42 Å². The first kappa shape index (κ1) is 21.1.